The summed E-state index contributed by atoms with van der Waals surface area (Å²) in [5, 5.41) is 19.7. The van der Waals surface area contributed by atoms with E-state index >= 15 is 0 Å². The molecule has 0 saturated carbocycles. The number of benzene rings is 1. The lowest BCUT2D eigenvalue weighted by Crippen LogP contribution is -2.46. The van der Waals surface area contributed by atoms with Gasteiger partial charge in [-0.3, -0.25) is 4.79 Å². The highest BCUT2D eigenvalue weighted by Crippen LogP contribution is 2.42. The summed E-state index contributed by atoms with van der Waals surface area (Å²) in [6.07, 6.45) is 8.23. The van der Waals surface area contributed by atoms with Crippen LogP contribution in [-0.2, 0) is 5.60 Å². The summed E-state index contributed by atoms with van der Waals surface area (Å²) in [6, 6.07) is 11.7. The first kappa shape index (κ1) is 30.4. The maximum atomic E-state index is 12.9. The second-order valence-corrected chi connectivity index (χ2v) is 12.5. The van der Waals surface area contributed by atoms with E-state index < -0.39 is 5.60 Å². The van der Waals surface area contributed by atoms with Crippen molar-refractivity contribution >= 4 is 34.9 Å². The number of anilines is 5. The fourth-order valence-electron chi connectivity index (χ4n) is 5.87. The minimum absolute atomic E-state index is 0.266. The van der Waals surface area contributed by atoms with E-state index in [4.69, 9.17) is 0 Å². The van der Waals surface area contributed by atoms with Gasteiger partial charge in [-0.05, 0) is 108 Å². The Balaban J connectivity index is 1.33. The Bertz CT molecular complexity index is 1450. The number of aliphatic hydroxyl groups is 1. The highest BCUT2D eigenvalue weighted by atomic mass is 16.3. The summed E-state index contributed by atoms with van der Waals surface area (Å²) in [4.78, 5) is 31.5. The van der Waals surface area contributed by atoms with Gasteiger partial charge in [0.05, 0.1) is 5.69 Å². The third-order valence-electron chi connectivity index (χ3n) is 8.76. The topological polar surface area (TPSA) is 119 Å². The number of carbonyl (C=O) groups excluding carboxylic acids is 1. The molecule has 0 unspecified atom stereocenters. The normalized spacial score (nSPS) is 17.0. The predicted octanol–water partition coefficient (Wildman–Crippen LogP) is 5.12. The lowest BCUT2D eigenvalue weighted by atomic mass is 9.71. The first-order chi connectivity index (χ1) is 20.5. The van der Waals surface area contributed by atoms with Crippen LogP contribution in [-0.4, -0.2) is 70.6 Å². The number of amides is 1. The number of hydrogen-bond acceptors (Lipinski definition) is 9. The Morgan fingerprint density at radius 1 is 1.07 bits per heavy atom. The Hall–Kier alpha value is -4.02. The molecule has 2 aliphatic rings. The fourth-order valence-corrected chi connectivity index (χ4v) is 5.87. The number of hydrogen-bond donors (Lipinski definition) is 4. The number of aromatic nitrogens is 3. The van der Waals surface area contributed by atoms with E-state index in [0.29, 0.717) is 35.2 Å². The van der Waals surface area contributed by atoms with E-state index in [0.717, 1.165) is 24.3 Å². The van der Waals surface area contributed by atoms with Crippen LogP contribution >= 0.6 is 0 Å². The van der Waals surface area contributed by atoms with Gasteiger partial charge in [0, 0.05) is 37.2 Å². The first-order valence-electron chi connectivity index (χ1n) is 15.1. The van der Waals surface area contributed by atoms with Crippen molar-refractivity contribution in [2.75, 3.05) is 55.3 Å². The smallest absolute Gasteiger partial charge is 0.256 e. The van der Waals surface area contributed by atoms with Crippen LogP contribution in [0.5, 0.6) is 0 Å². The molecule has 2 aromatic heterocycles. The fraction of sp³-hybridized carbons (Fsp3) is 0.455. The molecule has 1 aromatic carbocycles. The molecule has 228 valence electrons. The zero-order chi connectivity index (χ0) is 30.6. The molecular formula is C33H44N8O2. The number of likely N-dealkylation sites (tertiary alicyclic amines) is 1. The van der Waals surface area contributed by atoms with Gasteiger partial charge in [-0.2, -0.15) is 4.98 Å². The molecule has 10 heteroatoms. The van der Waals surface area contributed by atoms with E-state index in [-0.39, 0.29) is 11.5 Å². The van der Waals surface area contributed by atoms with Crippen LogP contribution < -0.4 is 20.9 Å². The summed E-state index contributed by atoms with van der Waals surface area (Å²) in [6.45, 7) is 14.0. The van der Waals surface area contributed by atoms with Crippen LogP contribution in [0, 0.1) is 12.3 Å². The molecule has 5 rings (SSSR count). The molecule has 4 heterocycles. The summed E-state index contributed by atoms with van der Waals surface area (Å²) in [5.74, 6) is 0.757. The second kappa shape index (κ2) is 12.7. The van der Waals surface area contributed by atoms with E-state index in [2.05, 4.69) is 79.5 Å². The molecule has 2 aliphatic heterocycles. The quantitative estimate of drug-likeness (QED) is 0.254. The molecule has 1 amide bonds. The number of rotatable bonds is 9. The highest BCUT2D eigenvalue weighted by molar-refractivity contribution is 5.99. The van der Waals surface area contributed by atoms with Crippen LogP contribution in [0.3, 0.4) is 0 Å². The maximum absolute atomic E-state index is 12.9. The Morgan fingerprint density at radius 3 is 2.47 bits per heavy atom. The van der Waals surface area contributed by atoms with Gasteiger partial charge >= 0.3 is 0 Å². The van der Waals surface area contributed by atoms with Crippen LogP contribution in [0.1, 0.15) is 61.1 Å². The van der Waals surface area contributed by atoms with Crippen molar-refractivity contribution in [3.63, 3.8) is 0 Å². The molecule has 3 aromatic rings. The van der Waals surface area contributed by atoms with Crippen LogP contribution in [0.25, 0.3) is 0 Å². The van der Waals surface area contributed by atoms with Gasteiger partial charge in [0.1, 0.15) is 22.8 Å². The molecule has 2 fully saturated rings. The Kier molecular flexibility index (Phi) is 8.98. The largest absolute Gasteiger partial charge is 0.384 e. The summed E-state index contributed by atoms with van der Waals surface area (Å²) in [5.41, 5.74) is 3.37. The highest BCUT2D eigenvalue weighted by Gasteiger charge is 2.36. The van der Waals surface area contributed by atoms with Gasteiger partial charge in [-0.25, -0.2) is 9.97 Å². The van der Waals surface area contributed by atoms with E-state index in [9.17, 15) is 9.90 Å². The molecule has 4 N–H and O–H groups in total. The molecule has 0 atom stereocenters. The lowest BCUT2D eigenvalue weighted by molar-refractivity contribution is 0.0740. The molecule has 2 saturated heterocycles. The van der Waals surface area contributed by atoms with E-state index in [1.807, 2.05) is 0 Å². The Morgan fingerprint density at radius 2 is 1.79 bits per heavy atom. The van der Waals surface area contributed by atoms with Crippen molar-refractivity contribution in [2.24, 2.45) is 5.41 Å². The SMILES string of the molecule is C=CCNC(=O)c1cnc(Nc2ccc(N3CCC4(CCN(C)CC4)CC3)cc2C)nc1Nc1cccc(C(C)(C)O)n1. The van der Waals surface area contributed by atoms with Gasteiger partial charge in [-0.1, -0.05) is 12.1 Å². The van der Waals surface area contributed by atoms with Crippen molar-refractivity contribution in [1.82, 2.24) is 25.2 Å². The molecular weight excluding hydrogens is 540 g/mol. The molecule has 0 radical (unpaired) electrons. The number of aryl methyl sites for hydroxylation is 1. The van der Waals surface area contributed by atoms with E-state index in [1.54, 1.807) is 38.1 Å². The molecule has 1 spiro atoms. The lowest BCUT2D eigenvalue weighted by Gasteiger charge is -2.47. The van der Waals surface area contributed by atoms with Gasteiger partial charge in [0.2, 0.25) is 5.95 Å². The number of carbonyl (C=O) groups is 1. The summed E-state index contributed by atoms with van der Waals surface area (Å²) < 4.78 is 0. The van der Waals surface area contributed by atoms with Gasteiger partial charge in [0.15, 0.2) is 0 Å². The summed E-state index contributed by atoms with van der Waals surface area (Å²) in [7, 11) is 2.23. The average molecular weight is 585 g/mol. The maximum Gasteiger partial charge on any atom is 0.256 e. The van der Waals surface area contributed by atoms with E-state index in [1.165, 1.54) is 50.7 Å². The third-order valence-corrected chi connectivity index (χ3v) is 8.76. The predicted molar refractivity (Wildman–Crippen MR) is 172 cm³/mol. The molecule has 10 nitrogen and oxygen atoms in total. The molecule has 0 aliphatic carbocycles. The van der Waals surface area contributed by atoms with Crippen molar-refractivity contribution in [1.29, 1.82) is 0 Å². The van der Waals surface area contributed by atoms with Crippen LogP contribution in [0.4, 0.5) is 29.0 Å². The van der Waals surface area contributed by atoms with Gasteiger partial charge in [-0.15, -0.1) is 6.58 Å². The third kappa shape index (κ3) is 7.32. The number of piperidine rings is 2. The zero-order valence-electron chi connectivity index (χ0n) is 25.8. The van der Waals surface area contributed by atoms with Crippen LogP contribution in [0.2, 0.25) is 0 Å². The molecule has 0 bridgehead atoms. The number of pyridine rings is 1. The number of nitrogens with one attached hydrogen (secondary N) is 3. The van der Waals surface area contributed by atoms with Crippen LogP contribution in [0.15, 0.2) is 55.3 Å². The second-order valence-electron chi connectivity index (χ2n) is 12.5. The molecule has 43 heavy (non-hydrogen) atoms. The number of nitrogens with zero attached hydrogens (tertiary/aromatic N) is 5. The summed E-state index contributed by atoms with van der Waals surface area (Å²) >= 11 is 0. The Labute approximate surface area is 254 Å². The first-order valence-corrected chi connectivity index (χ1v) is 15.1. The minimum atomic E-state index is -1.12. The monoisotopic (exact) mass is 584 g/mol. The zero-order valence-corrected chi connectivity index (χ0v) is 25.8. The van der Waals surface area contributed by atoms with Gasteiger partial charge < -0.3 is 30.9 Å². The average Bonchev–Trinajstić information content (AvgIpc) is 2.99. The van der Waals surface area contributed by atoms with Crippen molar-refractivity contribution in [2.45, 2.75) is 52.1 Å². The minimum Gasteiger partial charge on any atom is -0.384 e. The standard InChI is InChI=1S/C33H44N8O2/c1-6-16-34-30(42)25-22-35-31(39-29(25)38-28-9-7-8-27(37-28)32(3,4)43)36-26-11-10-24(21-23(26)2)41-19-14-33(15-20-41)12-17-40(5)18-13-33/h6-11,21-22,43H,1,12-20H2,2-5H3,(H,34,42)(H2,35,36,37,38,39). The van der Waals surface area contributed by atoms with Gasteiger partial charge in [0.25, 0.3) is 5.91 Å². The van der Waals surface area contributed by atoms with Crippen molar-refractivity contribution < 1.29 is 9.90 Å². The van der Waals surface area contributed by atoms with Crippen molar-refractivity contribution in [3.8, 4) is 0 Å². The van der Waals surface area contributed by atoms with Crippen molar-refractivity contribution in [3.05, 3.63) is 72.1 Å².